The smallest absolute Gasteiger partial charge is 0.410 e. The van der Waals surface area contributed by atoms with Gasteiger partial charge in [0.05, 0.1) is 6.04 Å². The molecule has 0 bridgehead atoms. The zero-order valence-electron chi connectivity index (χ0n) is 14.0. The van der Waals surface area contributed by atoms with Crippen LogP contribution in [-0.4, -0.2) is 77.7 Å². The first-order chi connectivity index (χ1) is 10.2. The van der Waals surface area contributed by atoms with Gasteiger partial charge in [0.25, 0.3) is 0 Å². The molecule has 0 aromatic carbocycles. The lowest BCUT2D eigenvalue weighted by atomic mass is 10.2. The summed E-state index contributed by atoms with van der Waals surface area (Å²) in [5.41, 5.74) is 5.36. The van der Waals surface area contributed by atoms with Gasteiger partial charge in [-0.25, -0.2) is 9.59 Å². The molecule has 3 amide bonds. The fraction of sp³-hybridized carbons (Fsp3) is 0.867. The van der Waals surface area contributed by atoms with Gasteiger partial charge in [0.15, 0.2) is 0 Å². The minimum Gasteiger partial charge on any atom is -0.444 e. The van der Waals surface area contributed by atoms with Crippen LogP contribution in [0.3, 0.4) is 0 Å². The van der Waals surface area contributed by atoms with Crippen LogP contribution in [0.2, 0.25) is 0 Å². The molecule has 7 nitrogen and oxygen atoms in total. The molecule has 2 atom stereocenters. The molecule has 2 saturated heterocycles. The van der Waals surface area contributed by atoms with E-state index in [2.05, 4.69) is 0 Å². The molecule has 0 saturated carbocycles. The van der Waals surface area contributed by atoms with E-state index >= 15 is 0 Å². The van der Waals surface area contributed by atoms with Crippen LogP contribution in [0.15, 0.2) is 0 Å². The SMILES string of the molecule is CN(C(=O)N1CCC(N)C1)C1CCN(C(=O)OC(C)(C)C)C1. The van der Waals surface area contributed by atoms with Crippen molar-refractivity contribution >= 4 is 12.1 Å². The Balaban J connectivity index is 1.87. The summed E-state index contributed by atoms with van der Waals surface area (Å²) in [4.78, 5) is 29.7. The second-order valence-electron chi connectivity index (χ2n) is 7.26. The van der Waals surface area contributed by atoms with Gasteiger partial charge in [0, 0.05) is 39.3 Å². The Hall–Kier alpha value is -1.50. The van der Waals surface area contributed by atoms with Gasteiger partial charge in [0.2, 0.25) is 0 Å². The van der Waals surface area contributed by atoms with Crippen LogP contribution in [0.1, 0.15) is 33.6 Å². The molecule has 0 spiro atoms. The van der Waals surface area contributed by atoms with Crippen LogP contribution in [-0.2, 0) is 4.74 Å². The monoisotopic (exact) mass is 312 g/mol. The number of carbonyl (C=O) groups is 2. The third kappa shape index (κ3) is 4.03. The van der Waals surface area contributed by atoms with Crippen LogP contribution in [0, 0.1) is 0 Å². The quantitative estimate of drug-likeness (QED) is 0.786. The minimum absolute atomic E-state index is 0.00369. The topological polar surface area (TPSA) is 79.1 Å². The molecule has 2 unspecified atom stereocenters. The van der Waals surface area contributed by atoms with Gasteiger partial charge in [-0.1, -0.05) is 0 Å². The molecule has 2 heterocycles. The predicted molar refractivity (Wildman–Crippen MR) is 83.5 cm³/mol. The van der Waals surface area contributed by atoms with Crippen LogP contribution in [0.5, 0.6) is 0 Å². The number of hydrogen-bond acceptors (Lipinski definition) is 4. The van der Waals surface area contributed by atoms with Crippen molar-refractivity contribution in [3.63, 3.8) is 0 Å². The molecule has 2 aliphatic heterocycles. The van der Waals surface area contributed by atoms with Crippen molar-refractivity contribution in [3.05, 3.63) is 0 Å². The summed E-state index contributed by atoms with van der Waals surface area (Å²) in [6, 6.07) is 0.125. The molecular formula is C15H28N4O3. The molecule has 2 rings (SSSR count). The van der Waals surface area contributed by atoms with Crippen molar-refractivity contribution in [2.75, 3.05) is 33.2 Å². The Kier molecular flexibility index (Phi) is 4.84. The van der Waals surface area contributed by atoms with E-state index in [1.165, 1.54) is 0 Å². The standard InChI is InChI=1S/C15H28N4O3/c1-15(2,3)22-14(21)19-8-6-12(10-19)17(4)13(20)18-7-5-11(16)9-18/h11-12H,5-10,16H2,1-4H3. The summed E-state index contributed by atoms with van der Waals surface area (Å²) < 4.78 is 5.38. The number of nitrogens with zero attached hydrogens (tertiary/aromatic N) is 3. The number of carbonyl (C=O) groups excluding carboxylic acids is 2. The summed E-state index contributed by atoms with van der Waals surface area (Å²) in [5, 5.41) is 0. The number of amides is 3. The van der Waals surface area contributed by atoms with Gasteiger partial charge in [-0.15, -0.1) is 0 Å². The third-order valence-electron chi connectivity index (χ3n) is 4.16. The molecule has 0 radical (unpaired) electrons. The number of nitrogens with two attached hydrogens (primary N) is 1. The predicted octanol–water partition coefficient (Wildman–Crippen LogP) is 1.08. The van der Waals surface area contributed by atoms with E-state index < -0.39 is 5.60 Å². The summed E-state index contributed by atoms with van der Waals surface area (Å²) in [6.45, 7) is 8.03. The molecular weight excluding hydrogens is 284 g/mol. The number of likely N-dealkylation sites (N-methyl/N-ethyl adjacent to an activating group) is 1. The van der Waals surface area contributed by atoms with E-state index in [1.54, 1.807) is 21.7 Å². The lowest BCUT2D eigenvalue weighted by Gasteiger charge is -2.30. The maximum atomic E-state index is 12.4. The first kappa shape index (κ1) is 16.9. The fourth-order valence-corrected chi connectivity index (χ4v) is 2.89. The lowest BCUT2D eigenvalue weighted by molar-refractivity contribution is 0.0283. The molecule has 2 fully saturated rings. The van der Waals surface area contributed by atoms with Crippen molar-refractivity contribution in [1.29, 1.82) is 0 Å². The largest absolute Gasteiger partial charge is 0.444 e. The highest BCUT2D eigenvalue weighted by molar-refractivity contribution is 5.75. The average Bonchev–Trinajstić information content (AvgIpc) is 3.03. The Morgan fingerprint density at radius 3 is 2.32 bits per heavy atom. The highest BCUT2D eigenvalue weighted by Gasteiger charge is 2.35. The zero-order chi connectivity index (χ0) is 16.5. The number of likely N-dealkylation sites (tertiary alicyclic amines) is 2. The Morgan fingerprint density at radius 2 is 1.77 bits per heavy atom. The first-order valence-corrected chi connectivity index (χ1v) is 7.92. The zero-order valence-corrected chi connectivity index (χ0v) is 14.0. The molecule has 2 N–H and O–H groups in total. The Labute approximate surface area is 132 Å². The molecule has 126 valence electrons. The molecule has 0 aromatic heterocycles. The normalized spacial score (nSPS) is 25.5. The van der Waals surface area contributed by atoms with E-state index in [-0.39, 0.29) is 24.2 Å². The summed E-state index contributed by atoms with van der Waals surface area (Å²) >= 11 is 0. The van der Waals surface area contributed by atoms with Gasteiger partial charge in [0.1, 0.15) is 5.60 Å². The second kappa shape index (κ2) is 6.32. The Bertz CT molecular complexity index is 435. The van der Waals surface area contributed by atoms with E-state index in [9.17, 15) is 9.59 Å². The first-order valence-electron chi connectivity index (χ1n) is 7.92. The number of rotatable bonds is 1. The van der Waals surface area contributed by atoms with E-state index in [0.717, 1.165) is 12.8 Å². The van der Waals surface area contributed by atoms with Gasteiger partial charge >= 0.3 is 12.1 Å². The average molecular weight is 312 g/mol. The summed E-state index contributed by atoms with van der Waals surface area (Å²) in [7, 11) is 1.80. The van der Waals surface area contributed by atoms with E-state index in [1.807, 2.05) is 20.8 Å². The lowest BCUT2D eigenvalue weighted by Crippen LogP contribution is -2.47. The van der Waals surface area contributed by atoms with Crippen molar-refractivity contribution in [1.82, 2.24) is 14.7 Å². The number of ether oxygens (including phenoxy) is 1. The maximum Gasteiger partial charge on any atom is 0.410 e. The summed E-state index contributed by atoms with van der Waals surface area (Å²) in [5.74, 6) is 0. The van der Waals surface area contributed by atoms with Gasteiger partial charge in [-0.05, 0) is 33.6 Å². The highest BCUT2D eigenvalue weighted by atomic mass is 16.6. The fourth-order valence-electron chi connectivity index (χ4n) is 2.89. The van der Waals surface area contributed by atoms with Gasteiger partial charge in [-0.3, -0.25) is 0 Å². The maximum absolute atomic E-state index is 12.4. The van der Waals surface area contributed by atoms with Crippen molar-refractivity contribution in [3.8, 4) is 0 Å². The number of urea groups is 1. The molecule has 22 heavy (non-hydrogen) atoms. The van der Waals surface area contributed by atoms with Gasteiger partial charge in [-0.2, -0.15) is 0 Å². The van der Waals surface area contributed by atoms with Crippen molar-refractivity contribution in [2.24, 2.45) is 5.73 Å². The summed E-state index contributed by atoms with van der Waals surface area (Å²) in [6.07, 6.45) is 1.33. The molecule has 2 aliphatic rings. The van der Waals surface area contributed by atoms with Gasteiger partial charge < -0.3 is 25.2 Å². The van der Waals surface area contributed by atoms with E-state index in [0.29, 0.717) is 26.2 Å². The molecule has 7 heteroatoms. The van der Waals surface area contributed by atoms with Crippen molar-refractivity contribution in [2.45, 2.75) is 51.3 Å². The van der Waals surface area contributed by atoms with Crippen LogP contribution in [0.4, 0.5) is 9.59 Å². The van der Waals surface area contributed by atoms with Crippen LogP contribution >= 0.6 is 0 Å². The molecule has 0 aliphatic carbocycles. The van der Waals surface area contributed by atoms with E-state index in [4.69, 9.17) is 10.5 Å². The Morgan fingerprint density at radius 1 is 1.14 bits per heavy atom. The molecule has 0 aromatic rings. The van der Waals surface area contributed by atoms with Crippen LogP contribution < -0.4 is 5.73 Å². The van der Waals surface area contributed by atoms with Crippen LogP contribution in [0.25, 0.3) is 0 Å². The number of hydrogen-bond donors (Lipinski definition) is 1. The minimum atomic E-state index is -0.497. The third-order valence-corrected chi connectivity index (χ3v) is 4.16. The highest BCUT2D eigenvalue weighted by Crippen LogP contribution is 2.20. The second-order valence-corrected chi connectivity index (χ2v) is 7.26. The van der Waals surface area contributed by atoms with Crippen molar-refractivity contribution < 1.29 is 14.3 Å².